The summed E-state index contributed by atoms with van der Waals surface area (Å²) in [5, 5.41) is 9.26. The van der Waals surface area contributed by atoms with E-state index in [2.05, 4.69) is 10.4 Å². The molecule has 1 aromatic rings. The first-order chi connectivity index (χ1) is 9.11. The van der Waals surface area contributed by atoms with Gasteiger partial charge < -0.3 is 15.3 Å². The fraction of sp³-hybridized carbons (Fsp3) is 0.500. The fourth-order valence-corrected chi connectivity index (χ4v) is 3.63. The smallest absolute Gasteiger partial charge is 0.247 e. The largest absolute Gasteiger partial charge is 0.395 e. The van der Waals surface area contributed by atoms with E-state index in [1.165, 1.54) is 22.6 Å². The minimum atomic E-state index is -3.78. The lowest BCUT2D eigenvalue weighted by Gasteiger charge is -2.33. The van der Waals surface area contributed by atoms with Crippen molar-refractivity contribution in [1.29, 1.82) is 0 Å². The molecule has 1 atom stereocenters. The van der Waals surface area contributed by atoms with Gasteiger partial charge in [0.05, 0.1) is 25.9 Å². The first kappa shape index (κ1) is 14.2. The average Bonchev–Trinajstić information content (AvgIpc) is 2.47. The maximum Gasteiger partial charge on any atom is 0.247 e. The average molecular weight is 288 g/mol. The number of hydrazine groups is 1. The van der Waals surface area contributed by atoms with Crippen molar-refractivity contribution in [3.05, 3.63) is 18.3 Å². The summed E-state index contributed by atoms with van der Waals surface area (Å²) in [7, 11) is -3.78. The second kappa shape index (κ2) is 5.80. The van der Waals surface area contributed by atoms with Gasteiger partial charge in [-0.2, -0.15) is 4.31 Å². The Morgan fingerprint density at radius 1 is 1.63 bits per heavy atom. The molecule has 2 heterocycles. The minimum absolute atomic E-state index is 0.0159. The first-order valence-electron chi connectivity index (χ1n) is 5.73. The molecule has 2 rings (SSSR count). The molecule has 1 fully saturated rings. The number of pyridine rings is 1. The van der Waals surface area contributed by atoms with Crippen molar-refractivity contribution < 1.29 is 18.3 Å². The Labute approximate surface area is 111 Å². The third-order valence-electron chi connectivity index (χ3n) is 2.88. The summed E-state index contributed by atoms with van der Waals surface area (Å²) >= 11 is 0. The predicted molar refractivity (Wildman–Crippen MR) is 67.6 cm³/mol. The van der Waals surface area contributed by atoms with Gasteiger partial charge in [-0.25, -0.2) is 19.2 Å². The number of hydrogen-bond donors (Lipinski definition) is 3. The number of nitrogen functional groups attached to an aromatic ring is 1. The monoisotopic (exact) mass is 288 g/mol. The molecule has 0 aliphatic carbocycles. The number of sulfonamides is 1. The van der Waals surface area contributed by atoms with Crippen molar-refractivity contribution >= 4 is 15.8 Å². The van der Waals surface area contributed by atoms with Crippen molar-refractivity contribution in [2.45, 2.75) is 10.9 Å². The van der Waals surface area contributed by atoms with E-state index >= 15 is 0 Å². The molecular formula is C10H16N4O4S. The Balaban J connectivity index is 2.40. The molecule has 0 aromatic carbocycles. The molecule has 0 saturated carbocycles. The number of anilines is 1. The van der Waals surface area contributed by atoms with Crippen LogP contribution < -0.4 is 11.3 Å². The van der Waals surface area contributed by atoms with Gasteiger partial charge in [0.25, 0.3) is 0 Å². The van der Waals surface area contributed by atoms with Crippen LogP contribution in [0.2, 0.25) is 0 Å². The number of morpholine rings is 1. The summed E-state index contributed by atoms with van der Waals surface area (Å²) < 4.78 is 31.5. The van der Waals surface area contributed by atoms with Gasteiger partial charge in [-0.05, 0) is 12.1 Å². The maximum atomic E-state index is 12.6. The third kappa shape index (κ3) is 2.69. The Morgan fingerprint density at radius 2 is 2.42 bits per heavy atom. The highest BCUT2D eigenvalue weighted by molar-refractivity contribution is 7.89. The first-order valence-corrected chi connectivity index (χ1v) is 7.17. The van der Waals surface area contributed by atoms with Crippen LogP contribution in [0.5, 0.6) is 0 Å². The van der Waals surface area contributed by atoms with Gasteiger partial charge in [0.1, 0.15) is 4.90 Å². The standard InChI is InChI=1S/C10H16N4O4S/c11-13-10-9(2-1-3-12-10)19(16,17)14-4-5-18-7-8(14)6-15/h1-3,8,15H,4-7,11H2,(H,12,13). The Morgan fingerprint density at radius 3 is 3.11 bits per heavy atom. The molecule has 4 N–H and O–H groups in total. The number of ether oxygens (including phenoxy) is 1. The van der Waals surface area contributed by atoms with Crippen molar-refractivity contribution in [2.24, 2.45) is 5.84 Å². The fourth-order valence-electron chi connectivity index (χ4n) is 1.93. The van der Waals surface area contributed by atoms with Gasteiger partial charge in [0, 0.05) is 12.7 Å². The lowest BCUT2D eigenvalue weighted by atomic mass is 10.3. The third-order valence-corrected chi connectivity index (χ3v) is 4.86. The van der Waals surface area contributed by atoms with Gasteiger partial charge in [0.15, 0.2) is 5.82 Å². The highest BCUT2D eigenvalue weighted by Crippen LogP contribution is 2.24. The molecule has 9 heteroatoms. The zero-order valence-corrected chi connectivity index (χ0v) is 11.0. The second-order valence-electron chi connectivity index (χ2n) is 4.02. The van der Waals surface area contributed by atoms with Crippen LogP contribution in [0, 0.1) is 0 Å². The summed E-state index contributed by atoms with van der Waals surface area (Å²) in [4.78, 5) is 3.86. The number of aliphatic hydroxyl groups is 1. The van der Waals surface area contributed by atoms with Gasteiger partial charge in [-0.15, -0.1) is 0 Å². The van der Waals surface area contributed by atoms with Crippen LogP contribution in [-0.2, 0) is 14.8 Å². The lowest BCUT2D eigenvalue weighted by Crippen LogP contribution is -2.50. The zero-order chi connectivity index (χ0) is 13.9. The summed E-state index contributed by atoms with van der Waals surface area (Å²) in [6, 6.07) is 2.34. The summed E-state index contributed by atoms with van der Waals surface area (Å²) in [5.74, 6) is 5.35. The van der Waals surface area contributed by atoms with Crippen LogP contribution >= 0.6 is 0 Å². The topological polar surface area (TPSA) is 118 Å². The predicted octanol–water partition coefficient (Wildman–Crippen LogP) is -1.25. The highest BCUT2D eigenvalue weighted by atomic mass is 32.2. The van der Waals surface area contributed by atoms with Crippen molar-refractivity contribution in [2.75, 3.05) is 31.8 Å². The molecule has 1 aromatic heterocycles. The van der Waals surface area contributed by atoms with E-state index in [-0.39, 0.29) is 30.5 Å². The molecule has 0 radical (unpaired) electrons. The van der Waals surface area contributed by atoms with E-state index in [1.807, 2.05) is 0 Å². The molecular weight excluding hydrogens is 272 g/mol. The number of aliphatic hydroxyl groups excluding tert-OH is 1. The molecule has 1 aliphatic rings. The van der Waals surface area contributed by atoms with E-state index in [1.54, 1.807) is 0 Å². The van der Waals surface area contributed by atoms with Crippen molar-refractivity contribution in [3.63, 3.8) is 0 Å². The molecule has 19 heavy (non-hydrogen) atoms. The van der Waals surface area contributed by atoms with E-state index in [0.717, 1.165) is 0 Å². The van der Waals surface area contributed by atoms with E-state index in [4.69, 9.17) is 10.6 Å². The van der Waals surface area contributed by atoms with Crippen molar-refractivity contribution in [3.8, 4) is 0 Å². The Hall–Kier alpha value is -1.26. The second-order valence-corrected chi connectivity index (χ2v) is 5.88. The van der Waals surface area contributed by atoms with Crippen LogP contribution in [0.3, 0.4) is 0 Å². The van der Waals surface area contributed by atoms with Gasteiger partial charge in [-0.3, -0.25) is 0 Å². The van der Waals surface area contributed by atoms with Crippen molar-refractivity contribution in [1.82, 2.24) is 9.29 Å². The van der Waals surface area contributed by atoms with Crippen LogP contribution in [0.25, 0.3) is 0 Å². The summed E-state index contributed by atoms with van der Waals surface area (Å²) in [5.41, 5.74) is 2.26. The minimum Gasteiger partial charge on any atom is -0.395 e. The number of nitrogens with zero attached hydrogens (tertiary/aromatic N) is 2. The highest BCUT2D eigenvalue weighted by Gasteiger charge is 2.35. The molecule has 0 bridgehead atoms. The maximum absolute atomic E-state index is 12.6. The Kier molecular flexibility index (Phi) is 4.32. The zero-order valence-electron chi connectivity index (χ0n) is 10.2. The molecule has 1 aliphatic heterocycles. The number of aromatic nitrogens is 1. The number of nitrogens with two attached hydrogens (primary N) is 1. The van der Waals surface area contributed by atoms with E-state index in [0.29, 0.717) is 6.61 Å². The van der Waals surface area contributed by atoms with Gasteiger partial charge >= 0.3 is 0 Å². The normalized spacial score (nSPS) is 21.3. The molecule has 1 saturated heterocycles. The lowest BCUT2D eigenvalue weighted by molar-refractivity contribution is 0.0109. The molecule has 0 amide bonds. The number of hydrogen-bond acceptors (Lipinski definition) is 7. The van der Waals surface area contributed by atoms with Gasteiger partial charge in [-0.1, -0.05) is 0 Å². The van der Waals surface area contributed by atoms with E-state index in [9.17, 15) is 13.5 Å². The van der Waals surface area contributed by atoms with E-state index < -0.39 is 16.1 Å². The van der Waals surface area contributed by atoms with Gasteiger partial charge in [0.2, 0.25) is 10.0 Å². The number of rotatable bonds is 4. The molecule has 0 spiro atoms. The number of nitrogens with one attached hydrogen (secondary N) is 1. The van der Waals surface area contributed by atoms with Crippen LogP contribution in [0.4, 0.5) is 5.82 Å². The Bertz CT molecular complexity index is 536. The van der Waals surface area contributed by atoms with Crippen LogP contribution in [0.1, 0.15) is 0 Å². The van der Waals surface area contributed by atoms with Crippen LogP contribution in [-0.4, -0.2) is 55.2 Å². The molecule has 8 nitrogen and oxygen atoms in total. The molecule has 106 valence electrons. The summed E-state index contributed by atoms with van der Waals surface area (Å²) in [6.45, 7) is 0.347. The summed E-state index contributed by atoms with van der Waals surface area (Å²) in [6.07, 6.45) is 1.44. The quantitative estimate of drug-likeness (QED) is 0.468. The molecule has 1 unspecified atom stereocenters. The SMILES string of the molecule is NNc1ncccc1S(=O)(=O)N1CCOCC1CO. The van der Waals surface area contributed by atoms with Crippen LogP contribution in [0.15, 0.2) is 23.2 Å².